The zero-order valence-corrected chi connectivity index (χ0v) is 13.0. The minimum atomic E-state index is 0.605. The van der Waals surface area contributed by atoms with Crippen molar-refractivity contribution in [2.75, 3.05) is 39.1 Å². The largest absolute Gasteiger partial charge is 0.368 e. The van der Waals surface area contributed by atoms with Gasteiger partial charge in [0.1, 0.15) is 0 Å². The summed E-state index contributed by atoms with van der Waals surface area (Å²) in [6.07, 6.45) is 0. The third-order valence-electron chi connectivity index (χ3n) is 3.97. The van der Waals surface area contributed by atoms with E-state index in [1.807, 2.05) is 7.05 Å². The van der Waals surface area contributed by atoms with Crippen molar-refractivity contribution in [1.29, 1.82) is 0 Å². The smallest absolute Gasteiger partial charge is 0.0642 e. The topological polar surface area (TPSA) is 18.5 Å². The van der Waals surface area contributed by atoms with Crippen molar-refractivity contribution < 1.29 is 0 Å². The number of halogens is 1. The Labute approximate surface area is 121 Å². The highest BCUT2D eigenvalue weighted by Crippen LogP contribution is 2.32. The lowest BCUT2D eigenvalue weighted by Crippen LogP contribution is -2.34. The summed E-state index contributed by atoms with van der Waals surface area (Å²) < 4.78 is 0. The van der Waals surface area contributed by atoms with Crippen LogP contribution in [0.5, 0.6) is 0 Å². The number of hydrogen-bond acceptors (Lipinski definition) is 3. The maximum absolute atomic E-state index is 6.44. The molecule has 2 rings (SSSR count). The molecule has 1 aliphatic rings. The van der Waals surface area contributed by atoms with Gasteiger partial charge in [0.2, 0.25) is 0 Å². The molecule has 106 valence electrons. The van der Waals surface area contributed by atoms with Gasteiger partial charge in [-0.3, -0.25) is 0 Å². The van der Waals surface area contributed by atoms with Gasteiger partial charge in [0.25, 0.3) is 0 Å². The van der Waals surface area contributed by atoms with Crippen LogP contribution in [0.4, 0.5) is 5.69 Å². The number of hydrogen-bond donors (Lipinski definition) is 1. The van der Waals surface area contributed by atoms with Crippen molar-refractivity contribution in [1.82, 2.24) is 10.2 Å². The Morgan fingerprint density at radius 3 is 2.63 bits per heavy atom. The molecule has 0 aliphatic carbocycles. The van der Waals surface area contributed by atoms with Crippen LogP contribution in [0.2, 0.25) is 5.02 Å². The van der Waals surface area contributed by atoms with E-state index in [0.717, 1.165) is 30.3 Å². The Balaban J connectivity index is 2.15. The molecule has 1 heterocycles. The molecule has 1 aromatic rings. The van der Waals surface area contributed by atoms with Crippen LogP contribution in [0.3, 0.4) is 0 Å². The second-order valence-electron chi connectivity index (χ2n) is 5.73. The van der Waals surface area contributed by atoms with Crippen LogP contribution in [0.15, 0.2) is 18.2 Å². The van der Waals surface area contributed by atoms with Crippen LogP contribution in [-0.2, 0) is 6.54 Å². The predicted octanol–water partition coefficient (Wildman–Crippen LogP) is 2.45. The fourth-order valence-electron chi connectivity index (χ4n) is 2.94. The van der Waals surface area contributed by atoms with Gasteiger partial charge in [-0.05, 0) is 44.8 Å². The van der Waals surface area contributed by atoms with Crippen LogP contribution in [0, 0.1) is 5.92 Å². The van der Waals surface area contributed by atoms with E-state index in [0.29, 0.717) is 12.0 Å². The number of anilines is 1. The normalized spacial score (nSPS) is 23.4. The first-order chi connectivity index (χ1) is 9.02. The van der Waals surface area contributed by atoms with E-state index in [2.05, 4.69) is 54.3 Å². The zero-order valence-electron chi connectivity index (χ0n) is 12.3. The Morgan fingerprint density at radius 1 is 1.37 bits per heavy atom. The molecular weight excluding hydrogens is 258 g/mol. The summed E-state index contributed by atoms with van der Waals surface area (Å²) in [5.74, 6) is 0.669. The van der Waals surface area contributed by atoms with Crippen molar-refractivity contribution in [2.24, 2.45) is 5.92 Å². The monoisotopic (exact) mass is 281 g/mol. The van der Waals surface area contributed by atoms with E-state index in [1.165, 1.54) is 5.56 Å². The minimum absolute atomic E-state index is 0.605. The molecule has 1 aromatic carbocycles. The Hall–Kier alpha value is -0.770. The number of rotatable bonds is 4. The summed E-state index contributed by atoms with van der Waals surface area (Å²) >= 11 is 6.44. The maximum atomic E-state index is 6.44. The van der Waals surface area contributed by atoms with Crippen LogP contribution < -0.4 is 10.2 Å². The van der Waals surface area contributed by atoms with Crippen LogP contribution >= 0.6 is 11.6 Å². The second-order valence-corrected chi connectivity index (χ2v) is 6.14. The summed E-state index contributed by atoms with van der Waals surface area (Å²) in [6.45, 7) is 5.30. The van der Waals surface area contributed by atoms with Crippen LogP contribution in [0.25, 0.3) is 0 Å². The van der Waals surface area contributed by atoms with Gasteiger partial charge in [-0.1, -0.05) is 24.6 Å². The van der Waals surface area contributed by atoms with Gasteiger partial charge in [-0.25, -0.2) is 0 Å². The second kappa shape index (κ2) is 6.12. The summed E-state index contributed by atoms with van der Waals surface area (Å²) in [4.78, 5) is 4.72. The van der Waals surface area contributed by atoms with Crippen molar-refractivity contribution >= 4 is 17.3 Å². The van der Waals surface area contributed by atoms with Crippen molar-refractivity contribution in [3.05, 3.63) is 28.8 Å². The number of nitrogens with zero attached hydrogens (tertiary/aromatic N) is 2. The average molecular weight is 282 g/mol. The average Bonchev–Trinajstić information content (AvgIpc) is 2.72. The van der Waals surface area contributed by atoms with Gasteiger partial charge in [0.05, 0.1) is 10.7 Å². The quantitative estimate of drug-likeness (QED) is 0.915. The SMILES string of the molecule is CNCc1ccc(N2CC(C)C(N(C)C)C2)c(Cl)c1. The molecule has 4 heteroatoms. The molecule has 0 spiro atoms. The molecule has 3 nitrogen and oxygen atoms in total. The summed E-state index contributed by atoms with van der Waals surface area (Å²) in [7, 11) is 6.26. The van der Waals surface area contributed by atoms with E-state index >= 15 is 0 Å². The first kappa shape index (κ1) is 14.6. The summed E-state index contributed by atoms with van der Waals surface area (Å²) in [6, 6.07) is 6.99. The molecule has 1 fully saturated rings. The Kier molecular flexibility index (Phi) is 4.71. The minimum Gasteiger partial charge on any atom is -0.368 e. The first-order valence-electron chi connectivity index (χ1n) is 6.87. The molecule has 0 saturated carbocycles. The predicted molar refractivity (Wildman–Crippen MR) is 83.1 cm³/mol. The Bertz CT molecular complexity index is 433. The maximum Gasteiger partial charge on any atom is 0.0642 e. The van der Waals surface area contributed by atoms with E-state index in [1.54, 1.807) is 0 Å². The van der Waals surface area contributed by atoms with Crippen molar-refractivity contribution in [3.8, 4) is 0 Å². The zero-order chi connectivity index (χ0) is 14.0. The highest BCUT2D eigenvalue weighted by Gasteiger charge is 2.31. The standard InChI is InChI=1S/C15H24ClN3/c1-11-9-19(10-15(11)18(3)4)14-6-5-12(8-17-2)7-13(14)16/h5-7,11,15,17H,8-10H2,1-4H3. The van der Waals surface area contributed by atoms with Gasteiger partial charge in [-0.15, -0.1) is 0 Å². The lowest BCUT2D eigenvalue weighted by Gasteiger charge is -2.23. The number of benzene rings is 1. The van der Waals surface area contributed by atoms with Crippen LogP contribution in [-0.4, -0.2) is 45.2 Å². The first-order valence-corrected chi connectivity index (χ1v) is 7.25. The fourth-order valence-corrected chi connectivity index (χ4v) is 3.26. The van der Waals surface area contributed by atoms with E-state index < -0.39 is 0 Å². The van der Waals surface area contributed by atoms with E-state index in [9.17, 15) is 0 Å². The van der Waals surface area contributed by atoms with Gasteiger partial charge >= 0.3 is 0 Å². The molecule has 1 aliphatic heterocycles. The highest BCUT2D eigenvalue weighted by atomic mass is 35.5. The molecule has 2 atom stereocenters. The third kappa shape index (κ3) is 3.22. The molecule has 0 radical (unpaired) electrons. The Morgan fingerprint density at radius 2 is 2.11 bits per heavy atom. The number of nitrogens with one attached hydrogen (secondary N) is 1. The molecule has 0 bridgehead atoms. The third-order valence-corrected chi connectivity index (χ3v) is 4.27. The van der Waals surface area contributed by atoms with Gasteiger partial charge in [0, 0.05) is 25.7 Å². The van der Waals surface area contributed by atoms with Gasteiger partial charge < -0.3 is 15.1 Å². The van der Waals surface area contributed by atoms with Gasteiger partial charge in [-0.2, -0.15) is 0 Å². The lowest BCUT2D eigenvalue weighted by molar-refractivity contribution is 0.266. The molecule has 1 N–H and O–H groups in total. The van der Waals surface area contributed by atoms with E-state index in [4.69, 9.17) is 11.6 Å². The van der Waals surface area contributed by atoms with Gasteiger partial charge in [0.15, 0.2) is 0 Å². The highest BCUT2D eigenvalue weighted by molar-refractivity contribution is 6.33. The molecule has 19 heavy (non-hydrogen) atoms. The number of likely N-dealkylation sites (N-methyl/N-ethyl adjacent to an activating group) is 1. The van der Waals surface area contributed by atoms with Crippen molar-refractivity contribution in [2.45, 2.75) is 19.5 Å². The lowest BCUT2D eigenvalue weighted by atomic mass is 10.1. The van der Waals surface area contributed by atoms with Crippen molar-refractivity contribution in [3.63, 3.8) is 0 Å². The molecular formula is C15H24ClN3. The van der Waals surface area contributed by atoms with E-state index in [-0.39, 0.29) is 0 Å². The molecule has 2 unspecified atom stereocenters. The molecule has 0 amide bonds. The van der Waals surface area contributed by atoms with Crippen LogP contribution in [0.1, 0.15) is 12.5 Å². The molecule has 1 saturated heterocycles. The fraction of sp³-hybridized carbons (Fsp3) is 0.600. The summed E-state index contributed by atoms with van der Waals surface area (Å²) in [5.41, 5.74) is 2.39. The molecule has 0 aromatic heterocycles. The summed E-state index contributed by atoms with van der Waals surface area (Å²) in [5, 5.41) is 4.01.